The van der Waals surface area contributed by atoms with Gasteiger partial charge in [-0.1, -0.05) is 11.6 Å². The lowest BCUT2D eigenvalue weighted by Crippen LogP contribution is -2.28. The standard InChI is InChI=1S/C13H17ClN2O2/c14-10-3-4-11(12(15)7-10)13(17)16-5-6-18-8-9-1-2-9/h3-4,7,9H,1-2,5-6,8,15H2,(H,16,17). The van der Waals surface area contributed by atoms with Gasteiger partial charge in [0, 0.05) is 23.9 Å². The van der Waals surface area contributed by atoms with Gasteiger partial charge in [-0.15, -0.1) is 0 Å². The molecule has 1 aromatic carbocycles. The minimum atomic E-state index is -0.195. The highest BCUT2D eigenvalue weighted by Gasteiger charge is 2.20. The molecule has 0 aliphatic heterocycles. The van der Waals surface area contributed by atoms with Crippen LogP contribution in [0.4, 0.5) is 5.69 Å². The van der Waals surface area contributed by atoms with Crippen molar-refractivity contribution in [3.8, 4) is 0 Å². The summed E-state index contributed by atoms with van der Waals surface area (Å²) in [6, 6.07) is 4.84. The molecule has 0 radical (unpaired) electrons. The Morgan fingerprint density at radius 2 is 2.28 bits per heavy atom. The van der Waals surface area contributed by atoms with Crippen LogP contribution in [0, 0.1) is 5.92 Å². The number of benzene rings is 1. The molecule has 5 heteroatoms. The summed E-state index contributed by atoms with van der Waals surface area (Å²) in [6.45, 7) is 1.84. The Labute approximate surface area is 111 Å². The van der Waals surface area contributed by atoms with Crippen LogP contribution in [0.1, 0.15) is 23.2 Å². The largest absolute Gasteiger partial charge is 0.398 e. The van der Waals surface area contributed by atoms with E-state index < -0.39 is 0 Å². The van der Waals surface area contributed by atoms with Gasteiger partial charge in [0.15, 0.2) is 0 Å². The first-order valence-corrected chi connectivity index (χ1v) is 6.45. The summed E-state index contributed by atoms with van der Waals surface area (Å²) in [6.07, 6.45) is 2.54. The van der Waals surface area contributed by atoms with Crippen LogP contribution < -0.4 is 11.1 Å². The van der Waals surface area contributed by atoms with Crippen LogP contribution in [0.25, 0.3) is 0 Å². The molecular weight excluding hydrogens is 252 g/mol. The number of hydrogen-bond donors (Lipinski definition) is 2. The van der Waals surface area contributed by atoms with Crippen molar-refractivity contribution < 1.29 is 9.53 Å². The van der Waals surface area contributed by atoms with Crippen LogP contribution in [0.15, 0.2) is 18.2 Å². The lowest BCUT2D eigenvalue weighted by molar-refractivity contribution is 0.0907. The average molecular weight is 269 g/mol. The van der Waals surface area contributed by atoms with E-state index in [1.165, 1.54) is 12.8 Å². The average Bonchev–Trinajstić information content (AvgIpc) is 3.12. The number of anilines is 1. The van der Waals surface area contributed by atoms with Gasteiger partial charge >= 0.3 is 0 Å². The van der Waals surface area contributed by atoms with Crippen LogP contribution in [0.2, 0.25) is 5.02 Å². The molecule has 2 rings (SSSR count). The molecule has 18 heavy (non-hydrogen) atoms. The fourth-order valence-electron chi connectivity index (χ4n) is 1.61. The summed E-state index contributed by atoms with van der Waals surface area (Å²) in [4.78, 5) is 11.8. The fraction of sp³-hybridized carbons (Fsp3) is 0.462. The zero-order valence-electron chi connectivity index (χ0n) is 10.1. The van der Waals surface area contributed by atoms with Crippen LogP contribution in [0.5, 0.6) is 0 Å². The van der Waals surface area contributed by atoms with E-state index >= 15 is 0 Å². The highest BCUT2D eigenvalue weighted by molar-refractivity contribution is 6.31. The quantitative estimate of drug-likeness (QED) is 0.613. The van der Waals surface area contributed by atoms with Gasteiger partial charge in [-0.25, -0.2) is 0 Å². The molecular formula is C13H17ClN2O2. The van der Waals surface area contributed by atoms with Crippen LogP contribution in [-0.2, 0) is 4.74 Å². The highest BCUT2D eigenvalue weighted by atomic mass is 35.5. The van der Waals surface area contributed by atoms with Crippen molar-refractivity contribution in [2.24, 2.45) is 5.92 Å². The second kappa shape index (κ2) is 6.07. The predicted octanol–water partition coefficient (Wildman–Crippen LogP) is 2.08. The fourth-order valence-corrected chi connectivity index (χ4v) is 1.79. The van der Waals surface area contributed by atoms with Gasteiger partial charge in [-0.3, -0.25) is 4.79 Å². The lowest BCUT2D eigenvalue weighted by atomic mass is 10.1. The Kier molecular flexibility index (Phi) is 4.44. The van der Waals surface area contributed by atoms with Gasteiger partial charge in [-0.05, 0) is 37.0 Å². The summed E-state index contributed by atoms with van der Waals surface area (Å²) >= 11 is 5.77. The number of amides is 1. The van der Waals surface area contributed by atoms with E-state index in [4.69, 9.17) is 22.1 Å². The Morgan fingerprint density at radius 3 is 2.94 bits per heavy atom. The smallest absolute Gasteiger partial charge is 0.253 e. The summed E-state index contributed by atoms with van der Waals surface area (Å²) in [5.41, 5.74) is 6.56. The Balaban J connectivity index is 1.72. The van der Waals surface area contributed by atoms with E-state index in [2.05, 4.69) is 5.32 Å². The van der Waals surface area contributed by atoms with Crippen molar-refractivity contribution in [2.45, 2.75) is 12.8 Å². The zero-order chi connectivity index (χ0) is 13.0. The minimum absolute atomic E-state index is 0.195. The number of rotatable bonds is 6. The molecule has 1 aromatic rings. The van der Waals surface area contributed by atoms with Crippen molar-refractivity contribution >= 4 is 23.2 Å². The highest BCUT2D eigenvalue weighted by Crippen LogP contribution is 2.28. The number of hydrogen-bond acceptors (Lipinski definition) is 3. The van der Waals surface area contributed by atoms with Crippen molar-refractivity contribution in [1.82, 2.24) is 5.32 Å². The maximum absolute atomic E-state index is 11.8. The lowest BCUT2D eigenvalue weighted by Gasteiger charge is -2.08. The molecule has 1 saturated carbocycles. The normalized spacial score (nSPS) is 14.5. The first kappa shape index (κ1) is 13.2. The van der Waals surface area contributed by atoms with Gasteiger partial charge in [0.05, 0.1) is 12.2 Å². The van der Waals surface area contributed by atoms with Crippen molar-refractivity contribution in [1.29, 1.82) is 0 Å². The summed E-state index contributed by atoms with van der Waals surface area (Å²) < 4.78 is 5.43. The Bertz CT molecular complexity index is 433. The third-order valence-corrected chi connectivity index (χ3v) is 3.08. The number of carbonyl (C=O) groups is 1. The molecule has 1 aliphatic carbocycles. The number of halogens is 1. The van der Waals surface area contributed by atoms with Gasteiger partial charge in [0.1, 0.15) is 0 Å². The summed E-state index contributed by atoms with van der Waals surface area (Å²) in [5, 5.41) is 3.29. The molecule has 1 fully saturated rings. The number of carbonyl (C=O) groups excluding carboxylic acids is 1. The maximum Gasteiger partial charge on any atom is 0.253 e. The summed E-state index contributed by atoms with van der Waals surface area (Å²) in [7, 11) is 0. The molecule has 98 valence electrons. The molecule has 0 spiro atoms. The Hall–Kier alpha value is -1.26. The molecule has 1 aliphatic rings. The maximum atomic E-state index is 11.8. The van der Waals surface area contributed by atoms with Gasteiger partial charge in [0.25, 0.3) is 5.91 Å². The number of ether oxygens (including phenoxy) is 1. The third-order valence-electron chi connectivity index (χ3n) is 2.84. The number of nitrogens with two attached hydrogens (primary N) is 1. The predicted molar refractivity (Wildman–Crippen MR) is 71.7 cm³/mol. The molecule has 0 bridgehead atoms. The van der Waals surface area contributed by atoms with E-state index in [-0.39, 0.29) is 5.91 Å². The molecule has 3 N–H and O–H groups in total. The van der Waals surface area contributed by atoms with E-state index in [1.807, 2.05) is 0 Å². The molecule has 0 aromatic heterocycles. The van der Waals surface area contributed by atoms with Crippen molar-refractivity contribution in [3.05, 3.63) is 28.8 Å². The topological polar surface area (TPSA) is 64.4 Å². The van der Waals surface area contributed by atoms with Crippen LogP contribution in [-0.4, -0.2) is 25.7 Å². The molecule has 1 amide bonds. The second-order valence-corrected chi connectivity index (χ2v) is 4.94. The third kappa shape index (κ3) is 3.89. The number of nitrogens with one attached hydrogen (secondary N) is 1. The first-order chi connectivity index (χ1) is 8.66. The van der Waals surface area contributed by atoms with E-state index in [1.54, 1.807) is 18.2 Å². The minimum Gasteiger partial charge on any atom is -0.398 e. The second-order valence-electron chi connectivity index (χ2n) is 4.51. The van der Waals surface area contributed by atoms with Gasteiger partial charge < -0.3 is 15.8 Å². The van der Waals surface area contributed by atoms with Gasteiger partial charge in [-0.2, -0.15) is 0 Å². The first-order valence-electron chi connectivity index (χ1n) is 6.08. The van der Waals surface area contributed by atoms with E-state index in [0.29, 0.717) is 29.4 Å². The van der Waals surface area contributed by atoms with Crippen LogP contribution in [0.3, 0.4) is 0 Å². The van der Waals surface area contributed by atoms with E-state index in [9.17, 15) is 4.79 Å². The SMILES string of the molecule is Nc1cc(Cl)ccc1C(=O)NCCOCC1CC1. The molecule has 0 unspecified atom stereocenters. The monoisotopic (exact) mass is 268 g/mol. The molecule has 0 heterocycles. The van der Waals surface area contributed by atoms with Crippen LogP contribution >= 0.6 is 11.6 Å². The molecule has 0 atom stereocenters. The summed E-state index contributed by atoms with van der Waals surface area (Å²) in [5.74, 6) is 0.548. The zero-order valence-corrected chi connectivity index (χ0v) is 10.9. The Morgan fingerprint density at radius 1 is 1.50 bits per heavy atom. The molecule has 0 saturated heterocycles. The van der Waals surface area contributed by atoms with E-state index in [0.717, 1.165) is 12.5 Å². The van der Waals surface area contributed by atoms with Crippen molar-refractivity contribution in [2.75, 3.05) is 25.5 Å². The molecule has 4 nitrogen and oxygen atoms in total. The number of nitrogen functional groups attached to an aromatic ring is 1. The van der Waals surface area contributed by atoms with Gasteiger partial charge in [0.2, 0.25) is 0 Å². The van der Waals surface area contributed by atoms with Crippen molar-refractivity contribution in [3.63, 3.8) is 0 Å².